The van der Waals surface area contributed by atoms with E-state index in [1.54, 1.807) is 0 Å². The molecule has 1 amide bonds. The third-order valence-corrected chi connectivity index (χ3v) is 13.2. The van der Waals surface area contributed by atoms with E-state index in [9.17, 15) is 13.8 Å². The molecular weight excluding hydrogens is 625 g/mol. The minimum atomic E-state index is -1.27. The van der Waals surface area contributed by atoms with Crippen molar-refractivity contribution in [3.63, 3.8) is 0 Å². The van der Waals surface area contributed by atoms with Crippen molar-refractivity contribution in [3.8, 4) is 0 Å². The smallest absolute Gasteiger partial charge is 0.228 e. The molecule has 5 atom stereocenters. The van der Waals surface area contributed by atoms with Gasteiger partial charge in [-0.25, -0.2) is 0 Å². The number of allylic oxidation sites excluding steroid dienone is 2. The minimum Gasteiger partial charge on any atom is -0.361 e. The fraction of sp³-hybridized carbons (Fsp3) is 0.500. The lowest BCUT2D eigenvalue weighted by molar-refractivity contribution is -0.132. The summed E-state index contributed by atoms with van der Waals surface area (Å²) in [6.07, 6.45) is 3.75. The van der Waals surface area contributed by atoms with Gasteiger partial charge in [0.05, 0.1) is 23.0 Å². The standard InChI is InChI=1S/C36H43Cl2N3O3S/c1-23-30(17-32(43)41-15-13-40(14-16-41)25-18-35(3)20-26(42)21-36(35,4)19-25)39-31(22-45(44)27-9-6-5-7-10-27)24(2)33(23)34-28(37)11-8-12-29(34)38/h5-12,25,33,39H,13-22H2,1-4H3/t25?,33?,35-,36+,45?. The zero-order chi connectivity index (χ0) is 32.1. The molecule has 1 N–H and O–H groups in total. The minimum absolute atomic E-state index is 0.0800. The van der Waals surface area contributed by atoms with Crippen molar-refractivity contribution in [3.05, 3.63) is 86.7 Å². The molecule has 0 spiro atoms. The summed E-state index contributed by atoms with van der Waals surface area (Å²) in [7, 11) is -1.27. The van der Waals surface area contributed by atoms with Crippen molar-refractivity contribution in [1.29, 1.82) is 0 Å². The highest BCUT2D eigenvalue weighted by atomic mass is 35.5. The molecule has 2 aromatic carbocycles. The Morgan fingerprint density at radius 3 is 2.07 bits per heavy atom. The summed E-state index contributed by atoms with van der Waals surface area (Å²) in [5.41, 5.74) is 4.65. The molecule has 0 radical (unpaired) electrons. The van der Waals surface area contributed by atoms with Gasteiger partial charge in [0.15, 0.2) is 0 Å². The number of carbonyl (C=O) groups excluding carboxylic acids is 2. The van der Waals surface area contributed by atoms with E-state index in [0.29, 0.717) is 53.6 Å². The zero-order valence-electron chi connectivity index (χ0n) is 26.6. The van der Waals surface area contributed by atoms with Crippen molar-refractivity contribution in [2.45, 2.75) is 76.7 Å². The molecule has 45 heavy (non-hydrogen) atoms. The Bertz CT molecular complexity index is 1560. The number of carbonyl (C=O) groups is 2. The Hall–Kier alpha value is -2.45. The van der Waals surface area contributed by atoms with Gasteiger partial charge in [0, 0.05) is 82.9 Å². The summed E-state index contributed by atoms with van der Waals surface area (Å²) in [5.74, 6) is 0.555. The van der Waals surface area contributed by atoms with Crippen molar-refractivity contribution in [1.82, 2.24) is 15.1 Å². The van der Waals surface area contributed by atoms with E-state index in [-0.39, 0.29) is 29.1 Å². The molecular formula is C36H43Cl2N3O3S. The number of hydrogen-bond acceptors (Lipinski definition) is 5. The lowest BCUT2D eigenvalue weighted by Crippen LogP contribution is -2.52. The van der Waals surface area contributed by atoms with Gasteiger partial charge in [-0.3, -0.25) is 18.7 Å². The lowest BCUT2D eigenvalue weighted by atomic mass is 9.71. The fourth-order valence-corrected chi connectivity index (χ4v) is 10.2. The number of Topliss-reactive ketones (excluding diaryl/α,β-unsaturated/α-hetero) is 1. The number of nitrogens with zero attached hydrogens (tertiary/aromatic N) is 2. The molecule has 6 rings (SSSR count). The summed E-state index contributed by atoms with van der Waals surface area (Å²) in [5, 5.41) is 4.69. The maximum Gasteiger partial charge on any atom is 0.228 e. The number of dihydropyridines is 1. The van der Waals surface area contributed by atoms with Gasteiger partial charge in [-0.15, -0.1) is 0 Å². The van der Waals surface area contributed by atoms with Gasteiger partial charge in [-0.2, -0.15) is 0 Å². The average Bonchev–Trinajstić information content (AvgIpc) is 3.38. The number of nitrogens with one attached hydrogen (secondary N) is 1. The van der Waals surface area contributed by atoms with Crippen LogP contribution in [-0.2, 0) is 20.4 Å². The molecule has 3 fully saturated rings. The molecule has 2 aliphatic carbocycles. The third-order valence-electron chi connectivity index (χ3n) is 11.2. The predicted octanol–water partition coefficient (Wildman–Crippen LogP) is 7.11. The molecule has 9 heteroatoms. The second-order valence-electron chi connectivity index (χ2n) is 14.0. The van der Waals surface area contributed by atoms with E-state index >= 15 is 0 Å². The maximum atomic E-state index is 13.8. The highest BCUT2D eigenvalue weighted by Crippen LogP contribution is 2.62. The summed E-state index contributed by atoms with van der Waals surface area (Å²) in [4.78, 5) is 31.3. The Morgan fingerprint density at radius 1 is 0.889 bits per heavy atom. The summed E-state index contributed by atoms with van der Waals surface area (Å²) >= 11 is 13.5. The van der Waals surface area contributed by atoms with Gasteiger partial charge in [0.1, 0.15) is 5.78 Å². The van der Waals surface area contributed by atoms with E-state index in [2.05, 4.69) is 24.1 Å². The topological polar surface area (TPSA) is 69.7 Å². The summed E-state index contributed by atoms with van der Waals surface area (Å²) in [6.45, 7) is 11.7. The number of piperazine rings is 1. The monoisotopic (exact) mass is 667 g/mol. The molecule has 2 saturated carbocycles. The average molecular weight is 669 g/mol. The van der Waals surface area contributed by atoms with E-state index in [4.69, 9.17) is 23.2 Å². The molecule has 2 aliphatic heterocycles. The van der Waals surface area contributed by atoms with Crippen LogP contribution in [0.1, 0.15) is 71.3 Å². The van der Waals surface area contributed by atoms with Gasteiger partial charge in [0.25, 0.3) is 0 Å². The largest absolute Gasteiger partial charge is 0.361 e. The van der Waals surface area contributed by atoms with Gasteiger partial charge in [-0.05, 0) is 72.9 Å². The Kier molecular flexibility index (Phi) is 9.12. The number of hydrogen-bond donors (Lipinski definition) is 1. The molecule has 4 aliphatic rings. The van der Waals surface area contributed by atoms with Crippen LogP contribution in [0.25, 0.3) is 0 Å². The molecule has 6 nitrogen and oxygen atoms in total. The first-order chi connectivity index (χ1) is 21.4. The van der Waals surface area contributed by atoms with Gasteiger partial charge in [-0.1, -0.05) is 61.3 Å². The summed E-state index contributed by atoms with van der Waals surface area (Å²) < 4.78 is 13.4. The van der Waals surface area contributed by atoms with Crippen LogP contribution in [0.2, 0.25) is 10.0 Å². The van der Waals surface area contributed by atoms with E-state index in [1.807, 2.05) is 67.3 Å². The molecule has 0 aromatic heterocycles. The Balaban J connectivity index is 1.18. The van der Waals surface area contributed by atoms with E-state index in [0.717, 1.165) is 58.9 Å². The van der Waals surface area contributed by atoms with Crippen molar-refractivity contribution in [2.75, 3.05) is 31.9 Å². The third kappa shape index (κ3) is 6.18. The number of amides is 1. The zero-order valence-corrected chi connectivity index (χ0v) is 29.0. The summed E-state index contributed by atoms with van der Waals surface area (Å²) in [6, 6.07) is 15.4. The normalized spacial score (nSPS) is 29.6. The highest BCUT2D eigenvalue weighted by molar-refractivity contribution is 7.85. The van der Waals surface area contributed by atoms with Gasteiger partial charge in [0.2, 0.25) is 5.91 Å². The number of fused-ring (bicyclic) bond motifs is 1. The predicted molar refractivity (Wildman–Crippen MR) is 182 cm³/mol. The lowest BCUT2D eigenvalue weighted by Gasteiger charge is -2.39. The first kappa shape index (κ1) is 32.5. The van der Waals surface area contributed by atoms with Crippen LogP contribution in [-0.4, -0.2) is 63.7 Å². The van der Waals surface area contributed by atoms with Crippen LogP contribution in [0.4, 0.5) is 0 Å². The second-order valence-corrected chi connectivity index (χ2v) is 16.3. The fourth-order valence-electron chi connectivity index (χ4n) is 8.36. The first-order valence-electron chi connectivity index (χ1n) is 16.0. The SMILES string of the molecule is CC1=C(CC(=O)N2CCN(C3C[C@]4(C)CC(=O)C[C@]4(C)C3)CC2)NC(CS(=O)c2ccccc2)=C(C)C1c1c(Cl)cccc1Cl. The quantitative estimate of drug-likeness (QED) is 0.341. The number of benzene rings is 2. The van der Waals surface area contributed by atoms with Crippen LogP contribution in [0.5, 0.6) is 0 Å². The Morgan fingerprint density at radius 2 is 1.47 bits per heavy atom. The van der Waals surface area contributed by atoms with Crippen molar-refractivity contribution in [2.24, 2.45) is 10.8 Å². The number of halogens is 2. The van der Waals surface area contributed by atoms with Crippen molar-refractivity contribution >= 4 is 45.7 Å². The maximum absolute atomic E-state index is 13.8. The molecule has 2 heterocycles. The van der Waals surface area contributed by atoms with E-state index in [1.165, 1.54) is 0 Å². The molecule has 2 aromatic rings. The Labute approximate surface area is 279 Å². The number of ketones is 1. The number of rotatable bonds is 7. The van der Waals surface area contributed by atoms with Crippen LogP contribution in [0.3, 0.4) is 0 Å². The van der Waals surface area contributed by atoms with Crippen LogP contribution in [0.15, 0.2) is 76.0 Å². The van der Waals surface area contributed by atoms with Crippen molar-refractivity contribution < 1.29 is 13.8 Å². The first-order valence-corrected chi connectivity index (χ1v) is 18.0. The molecule has 1 saturated heterocycles. The van der Waals surface area contributed by atoms with Gasteiger partial charge >= 0.3 is 0 Å². The van der Waals surface area contributed by atoms with Crippen LogP contribution in [0, 0.1) is 10.8 Å². The van der Waals surface area contributed by atoms with Gasteiger partial charge < -0.3 is 10.2 Å². The highest BCUT2D eigenvalue weighted by Gasteiger charge is 2.58. The molecule has 240 valence electrons. The van der Waals surface area contributed by atoms with E-state index < -0.39 is 10.8 Å². The molecule has 3 unspecified atom stereocenters. The molecule has 0 bridgehead atoms. The van der Waals surface area contributed by atoms with Crippen LogP contribution >= 0.6 is 23.2 Å². The second kappa shape index (κ2) is 12.6. The van der Waals surface area contributed by atoms with Crippen LogP contribution < -0.4 is 5.32 Å².